The molecule has 1 aromatic heterocycles. The van der Waals surface area contributed by atoms with Crippen LogP contribution in [0.25, 0.3) is 0 Å². The zero-order chi connectivity index (χ0) is 15.2. The molecule has 118 valence electrons. The minimum Gasteiger partial charge on any atom is -0.463 e. The summed E-state index contributed by atoms with van der Waals surface area (Å²) in [5.41, 5.74) is 2.48. The number of hydrogen-bond donors (Lipinski definition) is 2. The number of nitrogens with one attached hydrogen (secondary N) is 1. The normalized spacial score (nSPS) is 18.9. The molecule has 0 bridgehead atoms. The fraction of sp³-hybridized carbons (Fsp3) is 0.769. The van der Waals surface area contributed by atoms with Gasteiger partial charge in [-0.15, -0.1) is 0 Å². The molecule has 0 aliphatic carbocycles. The summed E-state index contributed by atoms with van der Waals surface area (Å²) in [5.74, 6) is 6.39. The highest BCUT2D eigenvalue weighted by Crippen LogP contribution is 2.21. The second kappa shape index (κ2) is 7.37. The summed E-state index contributed by atoms with van der Waals surface area (Å²) in [6.07, 6.45) is 3.21. The van der Waals surface area contributed by atoms with Gasteiger partial charge in [-0.05, 0) is 33.4 Å². The Hall–Kier alpha value is -1.67. The number of ether oxygens (including phenoxy) is 1. The van der Waals surface area contributed by atoms with Crippen LogP contribution in [0.4, 0.5) is 11.9 Å². The molecule has 0 saturated carbocycles. The van der Waals surface area contributed by atoms with E-state index in [1.165, 1.54) is 6.42 Å². The van der Waals surface area contributed by atoms with Gasteiger partial charge in [0.2, 0.25) is 11.9 Å². The molecule has 8 nitrogen and oxygen atoms in total. The molecule has 1 aromatic rings. The number of nitrogens with zero attached hydrogens (tertiary/aromatic N) is 5. The van der Waals surface area contributed by atoms with Crippen LogP contribution in [0.5, 0.6) is 6.01 Å². The monoisotopic (exact) mass is 295 g/mol. The predicted molar refractivity (Wildman–Crippen MR) is 82.3 cm³/mol. The Morgan fingerprint density at radius 1 is 1.38 bits per heavy atom. The Morgan fingerprint density at radius 2 is 2.19 bits per heavy atom. The van der Waals surface area contributed by atoms with Gasteiger partial charge in [0.25, 0.3) is 0 Å². The van der Waals surface area contributed by atoms with E-state index in [0.717, 1.165) is 25.9 Å². The van der Waals surface area contributed by atoms with Gasteiger partial charge in [-0.3, -0.25) is 5.43 Å². The van der Waals surface area contributed by atoms with Gasteiger partial charge in [0.05, 0.1) is 6.61 Å². The van der Waals surface area contributed by atoms with Crippen LogP contribution >= 0.6 is 0 Å². The number of nitrogen functional groups attached to an aromatic ring is 1. The van der Waals surface area contributed by atoms with Gasteiger partial charge in [-0.25, -0.2) is 5.84 Å². The van der Waals surface area contributed by atoms with Crippen LogP contribution in [-0.4, -0.2) is 59.7 Å². The third-order valence-electron chi connectivity index (χ3n) is 3.58. The van der Waals surface area contributed by atoms with E-state index in [2.05, 4.69) is 44.3 Å². The third kappa shape index (κ3) is 4.15. The first-order valence-corrected chi connectivity index (χ1v) is 7.41. The van der Waals surface area contributed by atoms with E-state index in [-0.39, 0.29) is 0 Å². The Balaban J connectivity index is 2.17. The number of piperidine rings is 1. The molecule has 0 amide bonds. The number of anilines is 2. The van der Waals surface area contributed by atoms with Crippen molar-refractivity contribution in [3.63, 3.8) is 0 Å². The summed E-state index contributed by atoms with van der Waals surface area (Å²) in [6, 6.07) is 0.826. The van der Waals surface area contributed by atoms with E-state index in [0.29, 0.717) is 30.6 Å². The maximum absolute atomic E-state index is 5.51. The maximum Gasteiger partial charge on any atom is 0.323 e. The average molecular weight is 295 g/mol. The molecule has 3 N–H and O–H groups in total. The molecule has 1 aliphatic rings. The average Bonchev–Trinajstić information content (AvgIpc) is 2.52. The minimum absolute atomic E-state index is 0.321. The second-order valence-corrected chi connectivity index (χ2v) is 5.44. The molecular weight excluding hydrogens is 270 g/mol. The van der Waals surface area contributed by atoms with Crippen molar-refractivity contribution in [2.75, 3.05) is 44.1 Å². The lowest BCUT2D eigenvalue weighted by Crippen LogP contribution is -2.45. The van der Waals surface area contributed by atoms with Crippen molar-refractivity contribution < 1.29 is 4.74 Å². The van der Waals surface area contributed by atoms with E-state index in [1.807, 2.05) is 6.92 Å². The molecule has 1 saturated heterocycles. The molecule has 1 fully saturated rings. The number of aromatic nitrogens is 3. The summed E-state index contributed by atoms with van der Waals surface area (Å²) in [6.45, 7) is 4.45. The van der Waals surface area contributed by atoms with Crippen LogP contribution in [0.15, 0.2) is 0 Å². The highest BCUT2D eigenvalue weighted by molar-refractivity contribution is 5.38. The Labute approximate surface area is 125 Å². The van der Waals surface area contributed by atoms with Crippen LogP contribution in [0.3, 0.4) is 0 Å². The van der Waals surface area contributed by atoms with Gasteiger partial charge in [-0.2, -0.15) is 15.0 Å². The lowest BCUT2D eigenvalue weighted by Gasteiger charge is -2.36. The number of hydrogen-bond acceptors (Lipinski definition) is 8. The topological polar surface area (TPSA) is 92.4 Å². The van der Waals surface area contributed by atoms with Gasteiger partial charge < -0.3 is 14.5 Å². The van der Waals surface area contributed by atoms with Crippen molar-refractivity contribution >= 4 is 11.9 Å². The molecule has 1 atom stereocenters. The van der Waals surface area contributed by atoms with Gasteiger partial charge in [-0.1, -0.05) is 6.92 Å². The highest BCUT2D eigenvalue weighted by Gasteiger charge is 2.24. The first-order chi connectivity index (χ1) is 10.1. The Kier molecular flexibility index (Phi) is 5.51. The van der Waals surface area contributed by atoms with Crippen molar-refractivity contribution in [1.29, 1.82) is 0 Å². The standard InChI is InChI=1S/C13H25N7O/c1-4-8-21-13-16-11(18-14)15-12(17-13)20-7-5-6-10(9-20)19(2)3/h10H,4-9,14H2,1-3H3,(H,15,16,17,18). The van der Waals surface area contributed by atoms with E-state index in [4.69, 9.17) is 10.6 Å². The van der Waals surface area contributed by atoms with Crippen molar-refractivity contribution in [2.45, 2.75) is 32.2 Å². The summed E-state index contributed by atoms with van der Waals surface area (Å²) in [7, 11) is 4.20. The van der Waals surface area contributed by atoms with Gasteiger partial charge >= 0.3 is 6.01 Å². The number of likely N-dealkylation sites (N-methyl/N-ethyl adjacent to an activating group) is 1. The van der Waals surface area contributed by atoms with E-state index >= 15 is 0 Å². The van der Waals surface area contributed by atoms with Crippen molar-refractivity contribution in [3.8, 4) is 6.01 Å². The van der Waals surface area contributed by atoms with E-state index < -0.39 is 0 Å². The number of hydrazine groups is 1. The third-order valence-corrected chi connectivity index (χ3v) is 3.58. The molecular formula is C13H25N7O. The molecule has 2 heterocycles. The predicted octanol–water partition coefficient (Wildman–Crippen LogP) is 0.476. The summed E-state index contributed by atoms with van der Waals surface area (Å²) in [5, 5.41) is 0. The molecule has 0 radical (unpaired) electrons. The zero-order valence-corrected chi connectivity index (χ0v) is 13.0. The van der Waals surface area contributed by atoms with Crippen molar-refractivity contribution in [1.82, 2.24) is 19.9 Å². The fourth-order valence-corrected chi connectivity index (χ4v) is 2.37. The van der Waals surface area contributed by atoms with Crippen molar-refractivity contribution in [2.24, 2.45) is 5.84 Å². The molecule has 0 aromatic carbocycles. The summed E-state index contributed by atoms with van der Waals surface area (Å²) in [4.78, 5) is 17.3. The van der Waals surface area contributed by atoms with Gasteiger partial charge in [0.15, 0.2) is 0 Å². The van der Waals surface area contributed by atoms with Crippen LogP contribution in [0.1, 0.15) is 26.2 Å². The van der Waals surface area contributed by atoms with Gasteiger partial charge in [0.1, 0.15) is 0 Å². The first-order valence-electron chi connectivity index (χ1n) is 7.41. The van der Waals surface area contributed by atoms with Crippen LogP contribution < -0.4 is 20.9 Å². The zero-order valence-electron chi connectivity index (χ0n) is 13.0. The highest BCUT2D eigenvalue weighted by atomic mass is 16.5. The molecule has 1 unspecified atom stereocenters. The first kappa shape index (κ1) is 15.7. The molecule has 8 heteroatoms. The number of nitrogens with two attached hydrogens (primary N) is 1. The van der Waals surface area contributed by atoms with Crippen LogP contribution in [0.2, 0.25) is 0 Å². The minimum atomic E-state index is 0.321. The maximum atomic E-state index is 5.51. The molecule has 21 heavy (non-hydrogen) atoms. The largest absolute Gasteiger partial charge is 0.463 e. The smallest absolute Gasteiger partial charge is 0.323 e. The number of rotatable bonds is 6. The van der Waals surface area contributed by atoms with E-state index in [9.17, 15) is 0 Å². The molecule has 1 aliphatic heterocycles. The summed E-state index contributed by atoms with van der Waals surface area (Å²) < 4.78 is 5.51. The summed E-state index contributed by atoms with van der Waals surface area (Å²) >= 11 is 0. The SMILES string of the molecule is CCCOc1nc(NN)nc(N2CCCC(N(C)C)C2)n1. The van der Waals surface area contributed by atoms with Gasteiger partial charge in [0, 0.05) is 19.1 Å². The second-order valence-electron chi connectivity index (χ2n) is 5.44. The molecule has 0 spiro atoms. The lowest BCUT2D eigenvalue weighted by atomic mass is 10.1. The fourth-order valence-electron chi connectivity index (χ4n) is 2.37. The van der Waals surface area contributed by atoms with Crippen LogP contribution in [-0.2, 0) is 0 Å². The van der Waals surface area contributed by atoms with Crippen molar-refractivity contribution in [3.05, 3.63) is 0 Å². The lowest BCUT2D eigenvalue weighted by molar-refractivity contribution is 0.255. The van der Waals surface area contributed by atoms with Crippen LogP contribution in [0, 0.1) is 0 Å². The van der Waals surface area contributed by atoms with E-state index in [1.54, 1.807) is 0 Å². The quantitative estimate of drug-likeness (QED) is 0.578. The Morgan fingerprint density at radius 3 is 2.86 bits per heavy atom. The molecule has 2 rings (SSSR count). The Bertz CT molecular complexity index is 454.